The van der Waals surface area contributed by atoms with Crippen molar-refractivity contribution in [2.75, 3.05) is 25.6 Å². The quantitative estimate of drug-likeness (QED) is 0.0163. The highest BCUT2D eigenvalue weighted by Gasteiger charge is 2.45. The van der Waals surface area contributed by atoms with Gasteiger partial charge < -0.3 is 50.2 Å². The van der Waals surface area contributed by atoms with Crippen LogP contribution < -0.4 is 11.4 Å². The molecule has 0 radical (unpaired) electrons. The molecule has 21 nitrogen and oxygen atoms in total. The van der Waals surface area contributed by atoms with Crippen LogP contribution in [0.3, 0.4) is 0 Å². The fourth-order valence-electron chi connectivity index (χ4n) is 9.81. The van der Waals surface area contributed by atoms with Gasteiger partial charge in [0.15, 0.2) is 6.10 Å². The number of anilines is 1. The Hall–Kier alpha value is -3.17. The summed E-state index contributed by atoms with van der Waals surface area (Å²) in [4.78, 5) is 78.7. The first-order valence-corrected chi connectivity index (χ1v) is 32.8. The van der Waals surface area contributed by atoms with Crippen LogP contribution in [0.4, 0.5) is 5.82 Å². The van der Waals surface area contributed by atoms with Crippen molar-refractivity contribution < 1.29 is 81.3 Å². The Morgan fingerprint density at radius 2 is 1.38 bits per heavy atom. The summed E-state index contributed by atoms with van der Waals surface area (Å²) in [6.45, 7) is 3.84. The third-order valence-electron chi connectivity index (χ3n) is 14.9. The Kier molecular flexibility index (Phi) is 35.7. The normalized spacial score (nSPS) is 28.4. The summed E-state index contributed by atoms with van der Waals surface area (Å²) in [6, 6.07) is 1.22. The molecule has 0 spiro atoms. The molecular formula is C57H99N3O18P2. The molecule has 0 amide bonds. The van der Waals surface area contributed by atoms with E-state index in [1.807, 2.05) is 6.92 Å². The molecule has 1 aromatic rings. The third kappa shape index (κ3) is 29.9. The van der Waals surface area contributed by atoms with Crippen LogP contribution in [0, 0.1) is 17.8 Å². The minimum absolute atomic E-state index is 0.000292. The van der Waals surface area contributed by atoms with Gasteiger partial charge in [-0.05, 0) is 44.1 Å². The number of allylic oxidation sites excluding steroid dienone is 2. The maximum atomic E-state index is 14.3. The number of aromatic nitrogens is 2. The van der Waals surface area contributed by atoms with Gasteiger partial charge in [-0.15, -0.1) is 0 Å². The zero-order valence-corrected chi connectivity index (χ0v) is 49.8. The highest BCUT2D eigenvalue weighted by molar-refractivity contribution is 7.61. The Morgan fingerprint density at radius 1 is 0.800 bits per heavy atom. The molecule has 8 N–H and O–H groups in total. The molecule has 3 rings (SSSR count). The van der Waals surface area contributed by atoms with Crippen LogP contribution in [0.25, 0.3) is 0 Å². The summed E-state index contributed by atoms with van der Waals surface area (Å²) in [6.07, 6.45) is 21.1. The van der Waals surface area contributed by atoms with Crippen LogP contribution in [0.1, 0.15) is 220 Å². The van der Waals surface area contributed by atoms with Crippen molar-refractivity contribution in [3.63, 3.8) is 0 Å². The number of phosphoric ester groups is 2. The lowest BCUT2D eigenvalue weighted by Crippen LogP contribution is -2.51. The highest BCUT2D eigenvalue weighted by atomic mass is 31.3. The minimum atomic E-state index is -5.73. The van der Waals surface area contributed by atoms with Gasteiger partial charge in [-0.1, -0.05) is 186 Å². The lowest BCUT2D eigenvalue weighted by atomic mass is 9.83. The lowest BCUT2D eigenvalue weighted by molar-refractivity contribution is -0.183. The molecule has 2 bridgehead atoms. The van der Waals surface area contributed by atoms with Crippen LogP contribution in [-0.4, -0.2) is 114 Å². The SMILES string of the molecule is CCCCC[C@H](O)C=C[C@@H]1[C@H](O)[C@H](O)[C@H]2COP(=O)(O)OP(=O)(O)OC[C@H](OC(=O)CCCCCCCCCCCCCCCCCCCCC(C)CC)COC(=O)CCC/C=C\C[C@@H](C(=O)C[C@H]1O)[C@H](n1ccc(N)nc1=O)O2. The predicted molar refractivity (Wildman–Crippen MR) is 304 cm³/mol. The van der Waals surface area contributed by atoms with Crippen molar-refractivity contribution >= 4 is 39.2 Å². The van der Waals surface area contributed by atoms with Crippen molar-refractivity contribution in [3.05, 3.63) is 47.1 Å². The third-order valence-corrected chi connectivity index (χ3v) is 17.5. The Bertz CT molecular complexity index is 2130. The van der Waals surface area contributed by atoms with E-state index >= 15 is 0 Å². The number of aliphatic hydroxyl groups is 4. The first-order valence-electron chi connectivity index (χ1n) is 29.8. The molecular weight excluding hydrogens is 1080 g/mol. The molecule has 2 aliphatic heterocycles. The number of cyclic esters (lactones) is 1. The monoisotopic (exact) mass is 1180 g/mol. The van der Waals surface area contributed by atoms with Crippen molar-refractivity contribution in [1.82, 2.24) is 9.55 Å². The molecule has 3 heterocycles. The van der Waals surface area contributed by atoms with Gasteiger partial charge in [0.1, 0.15) is 36.6 Å². The predicted octanol–water partition coefficient (Wildman–Crippen LogP) is 10.2. The zero-order chi connectivity index (χ0) is 58.8. The van der Waals surface area contributed by atoms with Gasteiger partial charge in [0, 0.05) is 31.4 Å². The van der Waals surface area contributed by atoms with Crippen LogP contribution in [-0.2, 0) is 51.1 Å². The lowest BCUT2D eigenvalue weighted by Gasteiger charge is -2.38. The fourth-order valence-corrected chi connectivity index (χ4v) is 11.9. The van der Waals surface area contributed by atoms with Gasteiger partial charge >= 0.3 is 33.3 Å². The number of esters is 2. The molecule has 23 heteroatoms. The maximum absolute atomic E-state index is 14.3. The Balaban J connectivity index is 1.63. The zero-order valence-electron chi connectivity index (χ0n) is 48.0. The van der Waals surface area contributed by atoms with E-state index in [1.54, 1.807) is 12.2 Å². The van der Waals surface area contributed by atoms with Crippen molar-refractivity contribution in [2.45, 2.75) is 256 Å². The number of rotatable bonds is 30. The molecule has 1 saturated heterocycles. The number of hydrogen-bond donors (Lipinski definition) is 7. The molecule has 80 heavy (non-hydrogen) atoms. The van der Waals surface area contributed by atoms with Crippen LogP contribution >= 0.6 is 15.6 Å². The van der Waals surface area contributed by atoms with E-state index in [-0.39, 0.29) is 37.9 Å². The van der Waals surface area contributed by atoms with E-state index in [0.29, 0.717) is 19.3 Å². The number of hydrogen-bond acceptors (Lipinski definition) is 18. The number of ether oxygens (including phenoxy) is 3. The largest absolute Gasteiger partial charge is 0.481 e. The second kappa shape index (κ2) is 40.2. The van der Waals surface area contributed by atoms with Gasteiger partial charge in [0.05, 0.1) is 37.4 Å². The number of carbonyl (C=O) groups is 3. The molecule has 2 aliphatic rings. The van der Waals surface area contributed by atoms with Gasteiger partial charge in [0.25, 0.3) is 0 Å². The summed E-state index contributed by atoms with van der Waals surface area (Å²) in [5.41, 5.74) is 4.74. The number of unbranched alkanes of at least 4 members (excludes halogenated alkanes) is 19. The maximum Gasteiger partial charge on any atom is 0.481 e. The Morgan fingerprint density at radius 3 is 1.96 bits per heavy atom. The van der Waals surface area contributed by atoms with Crippen molar-refractivity contribution in [1.29, 1.82) is 0 Å². The van der Waals surface area contributed by atoms with Gasteiger partial charge in [-0.3, -0.25) is 28.0 Å². The van der Waals surface area contributed by atoms with E-state index in [0.717, 1.165) is 55.2 Å². The van der Waals surface area contributed by atoms with Gasteiger partial charge in [-0.25, -0.2) is 13.9 Å². The number of aliphatic hydroxyl groups excluding tert-OH is 4. The number of nitrogens with zero attached hydrogens (tertiary/aromatic N) is 2. The summed E-state index contributed by atoms with van der Waals surface area (Å²) < 4.78 is 59.1. The van der Waals surface area contributed by atoms with E-state index in [2.05, 4.69) is 23.1 Å². The number of phosphoric acid groups is 2. The van der Waals surface area contributed by atoms with Crippen molar-refractivity contribution in [2.24, 2.45) is 17.8 Å². The number of carbonyl (C=O) groups excluding carboxylic acids is 3. The molecule has 0 saturated carbocycles. The molecule has 12 atom stereocenters. The van der Waals surface area contributed by atoms with E-state index in [1.165, 1.54) is 115 Å². The molecule has 1 aromatic heterocycles. The molecule has 0 aromatic carbocycles. The van der Waals surface area contributed by atoms with Crippen molar-refractivity contribution in [3.8, 4) is 0 Å². The summed E-state index contributed by atoms with van der Waals surface area (Å²) in [5, 5.41) is 45.6. The number of ketones is 1. The molecule has 460 valence electrons. The summed E-state index contributed by atoms with van der Waals surface area (Å²) >= 11 is 0. The summed E-state index contributed by atoms with van der Waals surface area (Å²) in [7, 11) is -11.3. The van der Waals surface area contributed by atoms with Gasteiger partial charge in [-0.2, -0.15) is 9.29 Å². The number of nitrogen functional groups attached to an aromatic ring is 1. The first-order chi connectivity index (χ1) is 38.3. The van der Waals surface area contributed by atoms with Crippen LogP contribution in [0.2, 0.25) is 0 Å². The second-order valence-corrected chi connectivity index (χ2v) is 24.9. The van der Waals surface area contributed by atoms with E-state index in [9.17, 15) is 58.5 Å². The average molecular weight is 1180 g/mol. The summed E-state index contributed by atoms with van der Waals surface area (Å²) in [5.74, 6) is -4.27. The molecule has 1 fully saturated rings. The number of nitrogens with two attached hydrogens (primary N) is 1. The number of Topliss-reactive ketones (excluding diaryl/α,β-unsaturated/α-hetero) is 1. The second-order valence-electron chi connectivity index (χ2n) is 21.9. The minimum Gasteiger partial charge on any atom is -0.462 e. The highest BCUT2D eigenvalue weighted by Crippen LogP contribution is 2.60. The van der Waals surface area contributed by atoms with Crippen LogP contribution in [0.15, 0.2) is 41.4 Å². The first kappa shape index (κ1) is 71.1. The molecule has 0 aliphatic carbocycles. The Labute approximate surface area is 475 Å². The topological polar surface area (TPSA) is 323 Å². The van der Waals surface area contributed by atoms with E-state index < -0.39 is 120 Å². The standard InChI is InChI=1S/C57H99N3O18P2/c1-4-6-25-31-44(61)35-36-46-48(62)39-49(63)47-32-27-23-24-28-33-52(64)73-40-45(76-53(65)34-29-22-20-18-16-14-12-10-8-7-9-11-13-15-17-19-21-26-30-43(3)5-2)41-74-79(69,70)78-80(71,72)75-42-50(55(67)54(46)66)77-56(47)60-38-37-51(58)59-57(60)68/h23,27,35-38,43-48,50,54-56,61-62,66-67H,4-22,24-26,28-34,39-42H2,1-3H3,(H,69,70)(H,71,72)(H2,58,59,68)/b27-23-,36-35?/t43?,44-,45+,46-,47-,48+,50+,54-,55+,56+/m0/s1. The average Bonchev–Trinajstić information content (AvgIpc) is 3.44. The van der Waals surface area contributed by atoms with Crippen LogP contribution in [0.5, 0.6) is 0 Å². The number of fused-ring (bicyclic) bond motifs is 3. The fraction of sp³-hybridized carbons (Fsp3) is 0.807. The molecule has 3 unspecified atom stereocenters. The van der Waals surface area contributed by atoms with E-state index in [4.69, 9.17) is 29.0 Å². The van der Waals surface area contributed by atoms with Gasteiger partial charge in [0.2, 0.25) is 0 Å². The smallest absolute Gasteiger partial charge is 0.462 e.